The molecule has 0 bridgehead atoms. The van der Waals surface area contributed by atoms with Gasteiger partial charge in [0.1, 0.15) is 5.82 Å². The van der Waals surface area contributed by atoms with Gasteiger partial charge in [0.15, 0.2) is 0 Å². The second-order valence-corrected chi connectivity index (χ2v) is 11.1. The van der Waals surface area contributed by atoms with Crippen molar-refractivity contribution in [2.45, 2.75) is 58.1 Å². The third kappa shape index (κ3) is 5.21. The molecule has 0 aliphatic carbocycles. The van der Waals surface area contributed by atoms with Crippen LogP contribution in [-0.4, -0.2) is 54.6 Å². The highest BCUT2D eigenvalue weighted by molar-refractivity contribution is 5.82. The molecule has 1 amide bonds. The molecule has 5 heteroatoms. The van der Waals surface area contributed by atoms with Gasteiger partial charge in [0.05, 0.1) is 12.7 Å². The lowest BCUT2D eigenvalue weighted by Crippen LogP contribution is -2.52. The monoisotopic (exact) mass is 464 g/mol. The lowest BCUT2D eigenvalue weighted by atomic mass is 9.74. The molecule has 4 nitrogen and oxygen atoms in total. The van der Waals surface area contributed by atoms with Gasteiger partial charge >= 0.3 is 0 Å². The lowest BCUT2D eigenvalue weighted by Gasteiger charge is -2.44. The van der Waals surface area contributed by atoms with Crippen LogP contribution in [0.5, 0.6) is 0 Å². The second kappa shape index (κ2) is 9.79. The number of nitrogens with zero attached hydrogens (tertiary/aromatic N) is 2. The molecule has 3 saturated heterocycles. The molecule has 0 aromatic heterocycles. The molecule has 3 heterocycles. The van der Waals surface area contributed by atoms with E-state index in [1.165, 1.54) is 11.6 Å². The van der Waals surface area contributed by atoms with Crippen LogP contribution in [0.3, 0.4) is 0 Å². The van der Waals surface area contributed by atoms with E-state index >= 15 is 0 Å². The van der Waals surface area contributed by atoms with E-state index in [2.05, 4.69) is 47.1 Å². The Bertz CT molecular complexity index is 979. The van der Waals surface area contributed by atoms with Crippen LogP contribution in [0.1, 0.15) is 50.2 Å². The van der Waals surface area contributed by atoms with E-state index in [4.69, 9.17) is 4.74 Å². The Hall–Kier alpha value is -2.24. The maximum absolute atomic E-state index is 13.5. The predicted octanol–water partition coefficient (Wildman–Crippen LogP) is 5.07. The number of hydrogen-bond donors (Lipinski definition) is 0. The summed E-state index contributed by atoms with van der Waals surface area (Å²) in [4.78, 5) is 18.1. The number of rotatable bonds is 5. The van der Waals surface area contributed by atoms with Crippen molar-refractivity contribution in [3.63, 3.8) is 0 Å². The fraction of sp³-hybridized carbons (Fsp3) is 0.552. The molecule has 1 spiro atoms. The third-order valence-corrected chi connectivity index (χ3v) is 8.47. The zero-order chi connectivity index (χ0) is 23.6. The largest absolute Gasteiger partial charge is 0.377 e. The molecule has 182 valence electrons. The molecular formula is C29H37FN2O2. The molecule has 0 N–H and O–H groups in total. The second-order valence-electron chi connectivity index (χ2n) is 11.1. The topological polar surface area (TPSA) is 32.8 Å². The molecule has 0 radical (unpaired) electrons. The minimum atomic E-state index is -0.246. The minimum absolute atomic E-state index is 0.149. The van der Waals surface area contributed by atoms with Crippen LogP contribution in [0.25, 0.3) is 0 Å². The van der Waals surface area contributed by atoms with Crippen LogP contribution >= 0.6 is 0 Å². The number of hydrogen-bond acceptors (Lipinski definition) is 3. The number of halogens is 1. The Morgan fingerprint density at radius 1 is 0.971 bits per heavy atom. The molecule has 2 aromatic rings. The lowest BCUT2D eigenvalue weighted by molar-refractivity contribution is -0.146. The molecule has 0 saturated carbocycles. The Balaban J connectivity index is 1.10. The summed E-state index contributed by atoms with van der Waals surface area (Å²) in [7, 11) is 0. The van der Waals surface area contributed by atoms with Gasteiger partial charge in [-0.25, -0.2) is 4.39 Å². The fourth-order valence-corrected chi connectivity index (χ4v) is 6.13. The number of amides is 1. The van der Waals surface area contributed by atoms with Gasteiger partial charge in [-0.3, -0.25) is 9.69 Å². The van der Waals surface area contributed by atoms with Crippen molar-refractivity contribution in [3.8, 4) is 0 Å². The highest BCUT2D eigenvalue weighted by Crippen LogP contribution is 2.44. The molecular weight excluding hydrogens is 427 g/mol. The van der Waals surface area contributed by atoms with E-state index in [9.17, 15) is 9.18 Å². The number of carbonyl (C=O) groups is 1. The summed E-state index contributed by atoms with van der Waals surface area (Å²) in [5.41, 5.74) is 2.27. The maximum atomic E-state index is 13.5. The van der Waals surface area contributed by atoms with E-state index in [1.807, 2.05) is 6.07 Å². The van der Waals surface area contributed by atoms with E-state index < -0.39 is 0 Å². The number of carbonyl (C=O) groups excluding carboxylic acids is 1. The van der Waals surface area contributed by atoms with Gasteiger partial charge in [-0.1, -0.05) is 49.4 Å². The minimum Gasteiger partial charge on any atom is -0.377 e. The zero-order valence-corrected chi connectivity index (χ0v) is 20.3. The normalized spacial score (nSPS) is 24.4. The molecule has 3 aliphatic heterocycles. The molecule has 0 unspecified atom stereocenters. The SMILES string of the molecule is CC1(C(=O)N2CCC3(CC2)CO[C@@H](Cc2cccc(F)c2)C3)CCN(Cc2ccccc2)CC1. The summed E-state index contributed by atoms with van der Waals surface area (Å²) in [6, 6.07) is 17.4. The van der Waals surface area contributed by atoms with E-state index in [1.54, 1.807) is 12.1 Å². The number of benzene rings is 2. The van der Waals surface area contributed by atoms with Crippen molar-refractivity contribution >= 4 is 5.91 Å². The first-order chi connectivity index (χ1) is 16.4. The van der Waals surface area contributed by atoms with Crippen LogP contribution in [0.2, 0.25) is 0 Å². The number of likely N-dealkylation sites (tertiary alicyclic amines) is 2. The van der Waals surface area contributed by atoms with Gasteiger partial charge in [-0.15, -0.1) is 0 Å². The first-order valence-corrected chi connectivity index (χ1v) is 12.8. The smallest absolute Gasteiger partial charge is 0.228 e. The fourth-order valence-electron chi connectivity index (χ4n) is 6.13. The van der Waals surface area contributed by atoms with Gasteiger partial charge < -0.3 is 9.64 Å². The van der Waals surface area contributed by atoms with Crippen molar-refractivity contribution < 1.29 is 13.9 Å². The first kappa shape index (κ1) is 23.5. The summed E-state index contributed by atoms with van der Waals surface area (Å²) >= 11 is 0. The quantitative estimate of drug-likeness (QED) is 0.620. The molecule has 3 aliphatic rings. The van der Waals surface area contributed by atoms with Gasteiger partial charge in [0, 0.05) is 25.0 Å². The molecule has 1 atom stereocenters. The summed E-state index contributed by atoms with van der Waals surface area (Å²) < 4.78 is 19.7. The zero-order valence-electron chi connectivity index (χ0n) is 20.3. The molecule has 3 fully saturated rings. The van der Waals surface area contributed by atoms with Gasteiger partial charge in [-0.2, -0.15) is 0 Å². The Morgan fingerprint density at radius 3 is 2.38 bits per heavy atom. The van der Waals surface area contributed by atoms with Crippen LogP contribution in [0.4, 0.5) is 4.39 Å². The van der Waals surface area contributed by atoms with Crippen molar-refractivity contribution in [3.05, 3.63) is 71.5 Å². The van der Waals surface area contributed by atoms with Crippen molar-refractivity contribution in [1.82, 2.24) is 9.80 Å². The Labute approximate surface area is 203 Å². The van der Waals surface area contributed by atoms with Crippen molar-refractivity contribution in [2.75, 3.05) is 32.8 Å². The van der Waals surface area contributed by atoms with Crippen LogP contribution < -0.4 is 0 Å². The Kier molecular flexibility index (Phi) is 6.76. The van der Waals surface area contributed by atoms with Crippen LogP contribution in [0, 0.1) is 16.6 Å². The van der Waals surface area contributed by atoms with Crippen molar-refractivity contribution in [2.24, 2.45) is 10.8 Å². The summed E-state index contributed by atoms with van der Waals surface area (Å²) in [6.45, 7) is 7.52. The van der Waals surface area contributed by atoms with E-state index in [0.29, 0.717) is 5.91 Å². The van der Waals surface area contributed by atoms with Gasteiger partial charge in [0.2, 0.25) is 5.91 Å². The standard InChI is InChI=1S/C29H37FN2O2/c1-28(10-14-31(15-11-28)21-23-6-3-2-4-7-23)27(33)32-16-12-29(13-17-32)20-26(34-22-29)19-24-8-5-9-25(30)18-24/h2-9,18,26H,10-17,19-22H2,1H3/t26-/m0/s1. The third-order valence-electron chi connectivity index (χ3n) is 8.47. The maximum Gasteiger partial charge on any atom is 0.228 e. The molecule has 34 heavy (non-hydrogen) atoms. The summed E-state index contributed by atoms with van der Waals surface area (Å²) in [6.07, 6.45) is 5.80. The average Bonchev–Trinajstić information content (AvgIpc) is 3.23. The number of ether oxygens (including phenoxy) is 1. The van der Waals surface area contributed by atoms with Crippen molar-refractivity contribution in [1.29, 1.82) is 0 Å². The summed E-state index contributed by atoms with van der Waals surface area (Å²) in [5.74, 6) is 0.161. The Morgan fingerprint density at radius 2 is 1.68 bits per heavy atom. The number of piperidine rings is 2. The van der Waals surface area contributed by atoms with Crippen LogP contribution in [-0.2, 0) is 22.5 Å². The van der Waals surface area contributed by atoms with Gasteiger partial charge in [-0.05, 0) is 80.3 Å². The van der Waals surface area contributed by atoms with E-state index in [0.717, 1.165) is 83.4 Å². The molecule has 2 aromatic carbocycles. The average molecular weight is 465 g/mol. The first-order valence-electron chi connectivity index (χ1n) is 12.8. The highest BCUT2D eigenvalue weighted by Gasteiger charge is 2.46. The van der Waals surface area contributed by atoms with E-state index in [-0.39, 0.29) is 22.8 Å². The van der Waals surface area contributed by atoms with Gasteiger partial charge in [0.25, 0.3) is 0 Å². The highest BCUT2D eigenvalue weighted by atomic mass is 19.1. The molecule has 5 rings (SSSR count). The predicted molar refractivity (Wildman–Crippen MR) is 132 cm³/mol. The van der Waals surface area contributed by atoms with Crippen LogP contribution in [0.15, 0.2) is 54.6 Å². The summed E-state index contributed by atoms with van der Waals surface area (Å²) in [5, 5.41) is 0.